The molecule has 5 rings (SSSR count). The molecule has 1 aromatic carbocycles. The Morgan fingerprint density at radius 3 is 2.88 bits per heavy atom. The van der Waals surface area contributed by atoms with Crippen LogP contribution in [0.5, 0.6) is 0 Å². The molecule has 4 heterocycles. The molecule has 8 nitrogen and oxygen atoms in total. The van der Waals surface area contributed by atoms with Crippen molar-refractivity contribution in [2.45, 2.75) is 18.5 Å². The molecule has 2 aliphatic rings. The second-order valence-electron chi connectivity index (χ2n) is 6.37. The van der Waals surface area contributed by atoms with E-state index in [-0.39, 0.29) is 12.4 Å². The van der Waals surface area contributed by atoms with Gasteiger partial charge in [-0.05, 0) is 36.8 Å². The van der Waals surface area contributed by atoms with E-state index < -0.39 is 0 Å². The average Bonchev–Trinajstić information content (AvgIpc) is 3.45. The van der Waals surface area contributed by atoms with Crippen LogP contribution in [0.1, 0.15) is 16.9 Å². The number of hydrogen-bond acceptors (Lipinski definition) is 5. The smallest absolute Gasteiger partial charge is 0.290 e. The van der Waals surface area contributed by atoms with E-state index in [2.05, 4.69) is 15.5 Å². The van der Waals surface area contributed by atoms with Gasteiger partial charge in [0.15, 0.2) is 5.69 Å². The van der Waals surface area contributed by atoms with Crippen molar-refractivity contribution in [3.63, 3.8) is 0 Å². The summed E-state index contributed by atoms with van der Waals surface area (Å²) >= 11 is 0. The number of fused-ring (bicyclic) bond motifs is 3. The van der Waals surface area contributed by atoms with Crippen LogP contribution >= 0.6 is 0 Å². The Hall–Kier alpha value is -3.13. The van der Waals surface area contributed by atoms with Crippen LogP contribution in [-0.2, 0) is 4.79 Å². The highest BCUT2D eigenvalue weighted by Crippen LogP contribution is 2.29. The van der Waals surface area contributed by atoms with E-state index in [0.29, 0.717) is 17.8 Å². The minimum absolute atomic E-state index is 0.0156. The van der Waals surface area contributed by atoms with E-state index in [9.17, 15) is 4.79 Å². The third-order valence-corrected chi connectivity index (χ3v) is 4.89. The Morgan fingerprint density at radius 1 is 1.38 bits per heavy atom. The number of amides is 1. The summed E-state index contributed by atoms with van der Waals surface area (Å²) in [5, 5.41) is 18.4. The molecule has 8 heteroatoms. The fraction of sp³-hybridized carbons (Fsp3) is 0.278. The van der Waals surface area contributed by atoms with Crippen molar-refractivity contribution in [3.05, 3.63) is 42.3 Å². The molecule has 1 amide bonds. The summed E-state index contributed by atoms with van der Waals surface area (Å²) < 4.78 is 5.45. The number of likely N-dealkylation sites (tertiary alicyclic amines) is 1. The van der Waals surface area contributed by atoms with Gasteiger partial charge < -0.3 is 19.7 Å². The molecule has 2 bridgehead atoms. The molecule has 0 radical (unpaired) electrons. The Balaban J connectivity index is 0.000000527. The van der Waals surface area contributed by atoms with Gasteiger partial charge in [-0.1, -0.05) is 0 Å². The fourth-order valence-electron chi connectivity index (χ4n) is 3.72. The van der Waals surface area contributed by atoms with Crippen LogP contribution in [0, 0.1) is 0 Å². The highest BCUT2D eigenvalue weighted by atomic mass is 16.3. The first kappa shape index (κ1) is 16.3. The molecule has 0 spiro atoms. The van der Waals surface area contributed by atoms with Crippen molar-refractivity contribution in [3.8, 4) is 11.3 Å². The molecule has 26 heavy (non-hydrogen) atoms. The van der Waals surface area contributed by atoms with Gasteiger partial charge >= 0.3 is 0 Å². The minimum Gasteiger partial charge on any atom is -0.483 e. The highest BCUT2D eigenvalue weighted by Gasteiger charge is 2.41. The Kier molecular flexibility index (Phi) is 4.18. The molecule has 0 unspecified atom stereocenters. The van der Waals surface area contributed by atoms with Crippen molar-refractivity contribution in [2.24, 2.45) is 0 Å². The van der Waals surface area contributed by atoms with Crippen LogP contribution in [0.15, 0.2) is 41.0 Å². The zero-order valence-electron chi connectivity index (χ0n) is 13.9. The third kappa shape index (κ3) is 2.74. The molecule has 2 fully saturated rings. The molecule has 3 N–H and O–H groups in total. The summed E-state index contributed by atoms with van der Waals surface area (Å²) in [7, 11) is 0. The number of nitrogens with zero attached hydrogens (tertiary/aromatic N) is 2. The van der Waals surface area contributed by atoms with Crippen LogP contribution in [-0.4, -0.2) is 57.8 Å². The topological polar surface area (TPSA) is 111 Å². The lowest BCUT2D eigenvalue weighted by molar-refractivity contribution is -0.122. The number of nitrogens with one attached hydrogen (secondary N) is 2. The maximum atomic E-state index is 12.9. The monoisotopic (exact) mass is 354 g/mol. The number of H-pyrrole nitrogens is 1. The number of piperazine rings is 1. The molecule has 2 atom stereocenters. The van der Waals surface area contributed by atoms with Crippen molar-refractivity contribution >= 4 is 23.3 Å². The molecule has 0 aliphatic carbocycles. The van der Waals surface area contributed by atoms with Crippen LogP contribution in [0.4, 0.5) is 0 Å². The first-order valence-corrected chi connectivity index (χ1v) is 8.35. The first-order valence-electron chi connectivity index (χ1n) is 8.35. The largest absolute Gasteiger partial charge is 0.483 e. The second-order valence-corrected chi connectivity index (χ2v) is 6.37. The quantitative estimate of drug-likeness (QED) is 0.604. The average molecular weight is 354 g/mol. The maximum absolute atomic E-state index is 12.9. The van der Waals surface area contributed by atoms with Gasteiger partial charge in [0.1, 0.15) is 5.76 Å². The molecule has 0 saturated carbocycles. The van der Waals surface area contributed by atoms with E-state index in [1.807, 2.05) is 35.2 Å². The normalized spacial score (nSPS) is 20.8. The van der Waals surface area contributed by atoms with Gasteiger partial charge in [0, 0.05) is 36.1 Å². The van der Waals surface area contributed by atoms with E-state index in [1.165, 1.54) is 0 Å². The first-order chi connectivity index (χ1) is 12.7. The van der Waals surface area contributed by atoms with Crippen molar-refractivity contribution in [2.75, 3.05) is 13.1 Å². The number of carbonyl (C=O) groups is 2. The van der Waals surface area contributed by atoms with Crippen LogP contribution in [0.2, 0.25) is 0 Å². The van der Waals surface area contributed by atoms with Crippen molar-refractivity contribution in [1.82, 2.24) is 20.4 Å². The number of aromatic nitrogens is 2. The summed E-state index contributed by atoms with van der Waals surface area (Å²) in [4.78, 5) is 23.2. The number of furan rings is 1. The molecule has 2 saturated heterocycles. The predicted molar refractivity (Wildman–Crippen MR) is 93.7 cm³/mol. The van der Waals surface area contributed by atoms with E-state index in [0.717, 1.165) is 41.7 Å². The van der Waals surface area contributed by atoms with Crippen molar-refractivity contribution < 1.29 is 19.1 Å². The number of benzene rings is 1. The number of carboxylic acid groups (broad SMARTS) is 1. The van der Waals surface area contributed by atoms with E-state index in [1.54, 1.807) is 6.26 Å². The van der Waals surface area contributed by atoms with Gasteiger partial charge in [-0.25, -0.2) is 0 Å². The molecule has 134 valence electrons. The molecular weight excluding hydrogens is 336 g/mol. The van der Waals surface area contributed by atoms with Gasteiger partial charge in [0.2, 0.25) is 0 Å². The van der Waals surface area contributed by atoms with Crippen LogP contribution in [0.25, 0.3) is 22.2 Å². The van der Waals surface area contributed by atoms with Gasteiger partial charge in [-0.3, -0.25) is 14.7 Å². The summed E-state index contributed by atoms with van der Waals surface area (Å²) in [6.45, 7) is 1.41. The highest BCUT2D eigenvalue weighted by molar-refractivity contribution is 6.05. The number of aromatic amines is 1. The molecule has 2 aliphatic heterocycles. The zero-order valence-corrected chi connectivity index (χ0v) is 13.9. The van der Waals surface area contributed by atoms with Gasteiger partial charge in [-0.2, -0.15) is 5.10 Å². The van der Waals surface area contributed by atoms with E-state index in [4.69, 9.17) is 14.3 Å². The third-order valence-electron chi connectivity index (χ3n) is 4.89. The second kappa shape index (κ2) is 6.64. The Bertz CT molecular complexity index is 934. The van der Waals surface area contributed by atoms with Gasteiger partial charge in [0.05, 0.1) is 11.8 Å². The summed E-state index contributed by atoms with van der Waals surface area (Å²) in [5.74, 6) is 0.803. The predicted octanol–water partition coefficient (Wildman–Crippen LogP) is 1.71. The van der Waals surface area contributed by atoms with Gasteiger partial charge in [0.25, 0.3) is 12.4 Å². The van der Waals surface area contributed by atoms with E-state index >= 15 is 0 Å². The number of rotatable bonds is 2. The molecule has 3 aromatic rings. The SMILES string of the molecule is O=C(c1n[nH]c2ccc(-c3ccco3)cc12)N1C[C@@H]2C[C@H]1CN2.O=CO. The summed E-state index contributed by atoms with van der Waals surface area (Å²) in [6, 6.07) is 10.4. The standard InChI is InChI=1S/C17H16N4O2.CH2O2/c22-17(21-9-11-7-12(21)8-18-11)16-13-6-10(15-2-1-5-23-15)3-4-14(13)19-20-16;2-1-3/h1-6,11-12,18H,7-9H2,(H,19,20);1H,(H,2,3)/t11-,12-;/m0./s1. The number of hydrogen-bond donors (Lipinski definition) is 3. The Morgan fingerprint density at radius 2 is 2.23 bits per heavy atom. The van der Waals surface area contributed by atoms with Crippen molar-refractivity contribution in [1.29, 1.82) is 0 Å². The summed E-state index contributed by atoms with van der Waals surface area (Å²) in [5.41, 5.74) is 2.31. The van der Waals surface area contributed by atoms with Crippen LogP contribution in [0.3, 0.4) is 0 Å². The maximum Gasteiger partial charge on any atom is 0.290 e. The summed E-state index contributed by atoms with van der Waals surface area (Å²) in [6.07, 6.45) is 2.70. The van der Waals surface area contributed by atoms with Crippen LogP contribution < -0.4 is 5.32 Å². The fourth-order valence-corrected chi connectivity index (χ4v) is 3.72. The lowest BCUT2D eigenvalue weighted by Gasteiger charge is -2.26. The lowest BCUT2D eigenvalue weighted by atomic mass is 10.1. The van der Waals surface area contributed by atoms with Gasteiger partial charge in [-0.15, -0.1) is 0 Å². The molecular formula is C18H18N4O4. The Labute approximate surface area is 148 Å². The number of carbonyl (C=O) groups excluding carboxylic acids is 1. The minimum atomic E-state index is -0.250. The molecule has 2 aromatic heterocycles. The zero-order chi connectivity index (χ0) is 18.1. The lowest BCUT2D eigenvalue weighted by Crippen LogP contribution is -2.46.